The standard InChI is InChI=1S/C14H26O2Si2/c1-10(2)15-17-14(18-16-11(3)4)13-8-6-12(5)7-9-13/h6-11,14H,17-18H2,1-5H3. The lowest BCUT2D eigenvalue weighted by molar-refractivity contribution is 0.242. The van der Waals surface area contributed by atoms with E-state index in [1.54, 1.807) is 0 Å². The summed E-state index contributed by atoms with van der Waals surface area (Å²) in [5.41, 5.74) is 2.73. The largest absolute Gasteiger partial charge is 0.421 e. The van der Waals surface area contributed by atoms with Gasteiger partial charge >= 0.3 is 0 Å². The van der Waals surface area contributed by atoms with Gasteiger partial charge in [0.25, 0.3) is 0 Å². The first-order valence-corrected chi connectivity index (χ1v) is 9.57. The lowest BCUT2D eigenvalue weighted by atomic mass is 10.2. The van der Waals surface area contributed by atoms with E-state index in [2.05, 4.69) is 58.9 Å². The molecule has 102 valence electrons. The predicted molar refractivity (Wildman–Crippen MR) is 83.5 cm³/mol. The first-order valence-electron chi connectivity index (χ1n) is 6.78. The zero-order valence-electron chi connectivity index (χ0n) is 12.3. The van der Waals surface area contributed by atoms with Crippen LogP contribution in [0.15, 0.2) is 24.3 Å². The predicted octanol–water partition coefficient (Wildman–Crippen LogP) is 2.01. The van der Waals surface area contributed by atoms with E-state index < -0.39 is 19.5 Å². The molecule has 0 saturated heterocycles. The smallest absolute Gasteiger partial charge is 0.168 e. The van der Waals surface area contributed by atoms with Crippen molar-refractivity contribution < 1.29 is 8.85 Å². The van der Waals surface area contributed by atoms with Crippen LogP contribution in [-0.4, -0.2) is 31.7 Å². The third-order valence-electron chi connectivity index (χ3n) is 2.81. The normalized spacial score (nSPS) is 14.6. The Morgan fingerprint density at radius 2 is 1.28 bits per heavy atom. The van der Waals surface area contributed by atoms with Gasteiger partial charge < -0.3 is 8.85 Å². The molecular weight excluding hydrogens is 256 g/mol. The fourth-order valence-electron chi connectivity index (χ4n) is 1.70. The molecular formula is C14H26O2Si2. The van der Waals surface area contributed by atoms with Crippen LogP contribution in [-0.2, 0) is 8.85 Å². The summed E-state index contributed by atoms with van der Waals surface area (Å²) in [6, 6.07) is 8.87. The molecule has 0 heterocycles. The van der Waals surface area contributed by atoms with Crippen LogP contribution in [0.25, 0.3) is 0 Å². The number of hydrogen-bond acceptors (Lipinski definition) is 2. The molecule has 0 amide bonds. The fourth-order valence-corrected chi connectivity index (χ4v) is 5.06. The second-order valence-electron chi connectivity index (χ2n) is 5.37. The molecule has 4 heteroatoms. The Hall–Kier alpha value is -0.426. The van der Waals surface area contributed by atoms with Crippen molar-refractivity contribution in [2.45, 2.75) is 52.0 Å². The summed E-state index contributed by atoms with van der Waals surface area (Å²) in [4.78, 5) is 0. The molecule has 0 saturated carbocycles. The Morgan fingerprint density at radius 1 is 0.833 bits per heavy atom. The van der Waals surface area contributed by atoms with E-state index in [-0.39, 0.29) is 0 Å². The summed E-state index contributed by atoms with van der Waals surface area (Å²) in [5, 5.41) is 0.593. The Balaban J connectivity index is 2.66. The van der Waals surface area contributed by atoms with Crippen LogP contribution in [0.3, 0.4) is 0 Å². The lowest BCUT2D eigenvalue weighted by Crippen LogP contribution is -2.24. The Bertz CT molecular complexity index is 324. The maximum atomic E-state index is 5.91. The average molecular weight is 283 g/mol. The van der Waals surface area contributed by atoms with Crippen LogP contribution in [0.5, 0.6) is 0 Å². The summed E-state index contributed by atoms with van der Waals surface area (Å²) < 4.78 is 11.8. The van der Waals surface area contributed by atoms with E-state index in [0.717, 1.165) is 0 Å². The highest BCUT2D eigenvalue weighted by molar-refractivity contribution is 6.52. The van der Waals surface area contributed by atoms with E-state index in [1.807, 2.05) is 0 Å². The monoisotopic (exact) mass is 282 g/mol. The highest BCUT2D eigenvalue weighted by atomic mass is 28.3. The Morgan fingerprint density at radius 3 is 1.67 bits per heavy atom. The summed E-state index contributed by atoms with van der Waals surface area (Å²) in [7, 11) is -1.08. The van der Waals surface area contributed by atoms with Gasteiger partial charge in [0, 0.05) is 17.4 Å². The third kappa shape index (κ3) is 5.95. The topological polar surface area (TPSA) is 18.5 Å². The van der Waals surface area contributed by atoms with Gasteiger partial charge in [0.2, 0.25) is 0 Å². The molecule has 1 aromatic carbocycles. The molecule has 0 aromatic heterocycles. The fraction of sp³-hybridized carbons (Fsp3) is 0.571. The maximum Gasteiger partial charge on any atom is 0.168 e. The molecule has 1 rings (SSSR count). The highest BCUT2D eigenvalue weighted by Gasteiger charge is 2.15. The SMILES string of the molecule is Cc1ccc(C([SiH2]OC(C)C)[SiH2]OC(C)C)cc1. The number of aryl methyl sites for hydroxylation is 1. The minimum Gasteiger partial charge on any atom is -0.421 e. The Labute approximate surface area is 116 Å². The van der Waals surface area contributed by atoms with E-state index in [9.17, 15) is 0 Å². The molecule has 0 aliphatic rings. The van der Waals surface area contributed by atoms with Crippen molar-refractivity contribution in [1.82, 2.24) is 0 Å². The third-order valence-corrected chi connectivity index (χ3v) is 7.69. The minimum atomic E-state index is -0.539. The summed E-state index contributed by atoms with van der Waals surface area (Å²) in [6.45, 7) is 10.6. The molecule has 0 unspecified atom stereocenters. The maximum absolute atomic E-state index is 5.91. The first-order chi connectivity index (χ1) is 8.49. The minimum absolute atomic E-state index is 0.345. The molecule has 0 aliphatic heterocycles. The van der Waals surface area contributed by atoms with Gasteiger partial charge in [-0.25, -0.2) is 0 Å². The second kappa shape index (κ2) is 7.89. The first kappa shape index (κ1) is 15.6. The molecule has 0 fully saturated rings. The van der Waals surface area contributed by atoms with Crippen LogP contribution in [0.2, 0.25) is 0 Å². The average Bonchev–Trinajstić information content (AvgIpc) is 2.30. The van der Waals surface area contributed by atoms with Gasteiger partial charge in [-0.2, -0.15) is 0 Å². The molecule has 0 radical (unpaired) electrons. The van der Waals surface area contributed by atoms with Crippen molar-refractivity contribution in [1.29, 1.82) is 0 Å². The van der Waals surface area contributed by atoms with Gasteiger partial charge in [0.1, 0.15) is 0 Å². The zero-order valence-corrected chi connectivity index (χ0v) is 15.1. The van der Waals surface area contributed by atoms with Gasteiger partial charge in [0.15, 0.2) is 19.5 Å². The van der Waals surface area contributed by atoms with Crippen LogP contribution in [0.4, 0.5) is 0 Å². The molecule has 2 nitrogen and oxygen atoms in total. The molecule has 0 atom stereocenters. The number of benzene rings is 1. The van der Waals surface area contributed by atoms with Gasteiger partial charge in [-0.15, -0.1) is 0 Å². The number of hydrogen-bond donors (Lipinski definition) is 0. The highest BCUT2D eigenvalue weighted by Crippen LogP contribution is 2.16. The van der Waals surface area contributed by atoms with Crippen molar-refractivity contribution >= 4 is 19.5 Å². The van der Waals surface area contributed by atoms with Crippen LogP contribution >= 0.6 is 0 Å². The van der Waals surface area contributed by atoms with Crippen molar-refractivity contribution in [2.75, 3.05) is 0 Å². The molecule has 18 heavy (non-hydrogen) atoms. The van der Waals surface area contributed by atoms with E-state index >= 15 is 0 Å². The van der Waals surface area contributed by atoms with Crippen LogP contribution < -0.4 is 0 Å². The summed E-state index contributed by atoms with van der Waals surface area (Å²) >= 11 is 0. The molecule has 0 aliphatic carbocycles. The van der Waals surface area contributed by atoms with Gasteiger partial charge in [-0.1, -0.05) is 29.8 Å². The van der Waals surface area contributed by atoms with E-state index in [4.69, 9.17) is 8.85 Å². The molecule has 0 spiro atoms. The molecule has 0 bridgehead atoms. The molecule has 0 N–H and O–H groups in total. The lowest BCUT2D eigenvalue weighted by Gasteiger charge is -2.19. The van der Waals surface area contributed by atoms with Crippen molar-refractivity contribution in [3.05, 3.63) is 35.4 Å². The Kier molecular flexibility index (Phi) is 6.85. The van der Waals surface area contributed by atoms with Crippen molar-refractivity contribution in [3.63, 3.8) is 0 Å². The summed E-state index contributed by atoms with van der Waals surface area (Å²) in [6.07, 6.45) is 0.690. The quantitative estimate of drug-likeness (QED) is 0.712. The van der Waals surface area contributed by atoms with E-state index in [0.29, 0.717) is 17.4 Å². The van der Waals surface area contributed by atoms with Crippen molar-refractivity contribution in [2.24, 2.45) is 0 Å². The van der Waals surface area contributed by atoms with Gasteiger partial charge in [0.05, 0.1) is 0 Å². The van der Waals surface area contributed by atoms with Crippen LogP contribution in [0, 0.1) is 6.92 Å². The second-order valence-corrected chi connectivity index (χ2v) is 9.83. The number of rotatable bonds is 7. The van der Waals surface area contributed by atoms with Gasteiger partial charge in [-0.05, 0) is 40.2 Å². The summed E-state index contributed by atoms with van der Waals surface area (Å²) in [5.74, 6) is 0. The molecule has 1 aromatic rings. The van der Waals surface area contributed by atoms with Crippen LogP contribution in [0.1, 0.15) is 44.0 Å². The zero-order chi connectivity index (χ0) is 13.5. The van der Waals surface area contributed by atoms with E-state index in [1.165, 1.54) is 11.1 Å². The van der Waals surface area contributed by atoms with Crippen molar-refractivity contribution in [3.8, 4) is 0 Å². The van der Waals surface area contributed by atoms with Gasteiger partial charge in [-0.3, -0.25) is 0 Å².